The van der Waals surface area contributed by atoms with Crippen molar-refractivity contribution in [2.45, 2.75) is 26.8 Å². The van der Waals surface area contributed by atoms with Crippen molar-refractivity contribution >= 4 is 24.6 Å². The van der Waals surface area contributed by atoms with Crippen molar-refractivity contribution in [1.82, 2.24) is 4.90 Å². The molecule has 0 heterocycles. The summed E-state index contributed by atoms with van der Waals surface area (Å²) in [5.74, 6) is -3.99. The minimum absolute atomic E-state index is 0.00892. The number of allylic oxidation sites excluding steroid dienone is 4. The quantitative estimate of drug-likeness (QED) is 0.361. The van der Waals surface area contributed by atoms with Gasteiger partial charge in [-0.05, 0) is 0 Å². The van der Waals surface area contributed by atoms with Crippen molar-refractivity contribution in [2.24, 2.45) is 10.7 Å². The molecule has 0 atom stereocenters. The Bertz CT molecular complexity index is 877. The predicted molar refractivity (Wildman–Crippen MR) is 103 cm³/mol. The van der Waals surface area contributed by atoms with E-state index in [4.69, 9.17) is 18.6 Å². The fourth-order valence-electron chi connectivity index (χ4n) is 2.36. The maximum absolute atomic E-state index is 13.5. The van der Waals surface area contributed by atoms with Crippen LogP contribution in [0.4, 0.5) is 13.2 Å². The Balaban J connectivity index is 2.34. The molecule has 0 amide bonds. The van der Waals surface area contributed by atoms with E-state index in [1.54, 1.807) is 25.3 Å². The van der Waals surface area contributed by atoms with Gasteiger partial charge in [0.25, 0.3) is 0 Å². The summed E-state index contributed by atoms with van der Waals surface area (Å²) in [6.45, 7) is 3.67. The van der Waals surface area contributed by atoms with Gasteiger partial charge in [0.05, 0.1) is 0 Å². The molecule has 1 aliphatic carbocycles. The van der Waals surface area contributed by atoms with Gasteiger partial charge in [0.1, 0.15) is 0 Å². The molecule has 4 nitrogen and oxygen atoms in total. The van der Waals surface area contributed by atoms with Crippen LogP contribution in [-0.2, 0) is 6.54 Å². The first-order chi connectivity index (χ1) is 12.7. The van der Waals surface area contributed by atoms with Gasteiger partial charge in [0.2, 0.25) is 0 Å². The Labute approximate surface area is 157 Å². The van der Waals surface area contributed by atoms with Gasteiger partial charge in [-0.1, -0.05) is 0 Å². The number of nitrogens with two attached hydrogens (primary N) is 1. The molecule has 8 heteroatoms. The summed E-state index contributed by atoms with van der Waals surface area (Å²) < 4.78 is 40.1. The first-order valence-electron chi connectivity index (χ1n) is 8.25. The van der Waals surface area contributed by atoms with E-state index in [9.17, 15) is 13.2 Å². The summed E-state index contributed by atoms with van der Waals surface area (Å²) in [7, 11) is 5.75. The maximum atomic E-state index is 13.5. The molecule has 0 unspecified atom stereocenters. The molecule has 1 aromatic rings. The second-order valence-corrected chi connectivity index (χ2v) is 5.99. The first-order valence-corrected chi connectivity index (χ1v) is 8.25. The zero-order chi connectivity index (χ0) is 20.1. The number of rotatable bonds is 5. The van der Waals surface area contributed by atoms with E-state index < -0.39 is 17.5 Å². The SMILES string of the molecule is [B]=C1C=C(N=C(N)N(/C=C/CC)Cc2cc(F)c(F)c(F)c2)C(C)=CC1=N. The molecular formula is C19H19BF3N4. The summed E-state index contributed by atoms with van der Waals surface area (Å²) in [6, 6.07) is 1.83. The van der Waals surface area contributed by atoms with Gasteiger partial charge in [-0.2, -0.15) is 0 Å². The number of aliphatic imine (C=N–C) groups is 1. The van der Waals surface area contributed by atoms with Crippen molar-refractivity contribution in [3.63, 3.8) is 0 Å². The fourth-order valence-corrected chi connectivity index (χ4v) is 2.36. The zero-order valence-electron chi connectivity index (χ0n) is 15.1. The third kappa shape index (κ3) is 5.06. The fraction of sp³-hybridized carbons (Fsp3) is 0.211. The third-order valence-electron chi connectivity index (χ3n) is 3.81. The minimum atomic E-state index is -1.52. The number of hydrogen-bond acceptors (Lipinski definition) is 2. The van der Waals surface area contributed by atoms with E-state index in [1.807, 2.05) is 6.92 Å². The van der Waals surface area contributed by atoms with E-state index in [2.05, 4.69) is 4.99 Å². The molecule has 0 spiro atoms. The van der Waals surface area contributed by atoms with Gasteiger partial charge in [-0.3, -0.25) is 0 Å². The Kier molecular flexibility index (Phi) is 6.55. The second kappa shape index (κ2) is 8.66. The molecule has 27 heavy (non-hydrogen) atoms. The van der Waals surface area contributed by atoms with Gasteiger partial charge >= 0.3 is 156 Å². The van der Waals surface area contributed by atoms with Crippen molar-refractivity contribution in [1.29, 1.82) is 5.41 Å². The van der Waals surface area contributed by atoms with E-state index in [0.29, 0.717) is 17.7 Å². The van der Waals surface area contributed by atoms with E-state index in [1.165, 1.54) is 11.0 Å². The summed E-state index contributed by atoms with van der Waals surface area (Å²) >= 11 is 0. The van der Waals surface area contributed by atoms with Crippen LogP contribution in [0, 0.1) is 22.9 Å². The number of benzene rings is 1. The number of nitrogens with zero attached hydrogens (tertiary/aromatic N) is 2. The van der Waals surface area contributed by atoms with Crippen LogP contribution in [0.1, 0.15) is 25.8 Å². The van der Waals surface area contributed by atoms with Gasteiger partial charge in [-0.15, -0.1) is 0 Å². The normalized spacial score (nSPS) is 15.2. The molecule has 2 rings (SSSR count). The molecule has 3 N–H and O–H groups in total. The average molecular weight is 371 g/mol. The predicted octanol–water partition coefficient (Wildman–Crippen LogP) is 3.35. The van der Waals surface area contributed by atoms with Crippen LogP contribution in [-0.4, -0.2) is 29.5 Å². The summed E-state index contributed by atoms with van der Waals surface area (Å²) in [4.78, 5) is 5.80. The van der Waals surface area contributed by atoms with Crippen LogP contribution in [0.25, 0.3) is 0 Å². The van der Waals surface area contributed by atoms with Crippen LogP contribution in [0.15, 0.2) is 52.8 Å². The van der Waals surface area contributed by atoms with Gasteiger partial charge in [-0.25, -0.2) is 0 Å². The standard InChI is InChI=1S/C19H19BF3N4/c1-3-4-5-27(10-12-7-14(21)18(23)15(22)8-12)19(25)26-17-9-13(20)16(24)6-11(17)2/h4-9,24H,3,10H2,1-2H3,(H2,25,26)/b5-4+,24-16?. The molecule has 1 aliphatic rings. The van der Waals surface area contributed by atoms with Crippen LogP contribution in [0.2, 0.25) is 0 Å². The van der Waals surface area contributed by atoms with Gasteiger partial charge in [0.15, 0.2) is 0 Å². The van der Waals surface area contributed by atoms with Crippen molar-refractivity contribution in [3.8, 4) is 0 Å². The number of nitrogens with one attached hydrogen (secondary N) is 1. The second-order valence-electron chi connectivity index (χ2n) is 5.99. The van der Waals surface area contributed by atoms with Crippen LogP contribution >= 0.6 is 0 Å². The zero-order valence-corrected chi connectivity index (χ0v) is 15.1. The van der Waals surface area contributed by atoms with Gasteiger partial charge < -0.3 is 0 Å². The molecule has 0 saturated carbocycles. The number of guanidine groups is 1. The van der Waals surface area contributed by atoms with Crippen molar-refractivity contribution in [2.75, 3.05) is 0 Å². The Hall–Kier alpha value is -2.90. The Morgan fingerprint density at radius 1 is 1.26 bits per heavy atom. The number of halogens is 3. The number of hydrogen-bond donors (Lipinski definition) is 2. The Morgan fingerprint density at radius 3 is 2.48 bits per heavy atom. The summed E-state index contributed by atoms with van der Waals surface area (Å²) in [5.41, 5.74) is 7.90. The third-order valence-corrected chi connectivity index (χ3v) is 3.81. The van der Waals surface area contributed by atoms with Crippen LogP contribution < -0.4 is 5.73 Å². The molecule has 0 fully saturated rings. The van der Waals surface area contributed by atoms with Crippen molar-refractivity contribution in [3.05, 3.63) is 70.8 Å². The Morgan fingerprint density at radius 2 is 1.89 bits per heavy atom. The molecule has 0 saturated heterocycles. The van der Waals surface area contributed by atoms with Crippen molar-refractivity contribution < 1.29 is 13.2 Å². The topological polar surface area (TPSA) is 65.5 Å². The van der Waals surface area contributed by atoms with E-state index in [0.717, 1.165) is 12.1 Å². The molecule has 0 aliphatic heterocycles. The average Bonchev–Trinajstić information content (AvgIpc) is 2.60. The molecule has 0 aromatic heterocycles. The molecule has 1 radical (unpaired) electrons. The molecule has 0 bridgehead atoms. The molecule has 139 valence electrons. The molecular weight excluding hydrogens is 352 g/mol. The summed E-state index contributed by atoms with van der Waals surface area (Å²) in [5, 5.41) is 7.69. The monoisotopic (exact) mass is 371 g/mol. The van der Waals surface area contributed by atoms with Crippen LogP contribution in [0.5, 0.6) is 0 Å². The van der Waals surface area contributed by atoms with Crippen LogP contribution in [0.3, 0.4) is 0 Å². The van der Waals surface area contributed by atoms with Gasteiger partial charge in [0, 0.05) is 0 Å². The summed E-state index contributed by atoms with van der Waals surface area (Å²) in [6.07, 6.45) is 7.24. The first kappa shape index (κ1) is 20.4. The molecule has 1 aromatic carbocycles. The van der Waals surface area contributed by atoms with E-state index in [-0.39, 0.29) is 29.2 Å². The van der Waals surface area contributed by atoms with E-state index >= 15 is 0 Å².